The average Bonchev–Trinajstić information content (AvgIpc) is 1.85. The van der Waals surface area contributed by atoms with Gasteiger partial charge >= 0.3 is 0 Å². The van der Waals surface area contributed by atoms with Crippen molar-refractivity contribution in [3.63, 3.8) is 0 Å². The van der Waals surface area contributed by atoms with E-state index in [2.05, 4.69) is 5.43 Å². The number of hydrogen-bond acceptors (Lipinski definition) is 3. The van der Waals surface area contributed by atoms with Crippen molar-refractivity contribution in [1.82, 2.24) is 10.4 Å². The van der Waals surface area contributed by atoms with Gasteiger partial charge in [-0.15, -0.1) is 0 Å². The van der Waals surface area contributed by atoms with Crippen molar-refractivity contribution < 1.29 is 9.90 Å². The normalized spacial score (nSPS) is 26.5. The third kappa shape index (κ3) is 2.86. The quantitative estimate of drug-likeness (QED) is 0.558. The van der Waals surface area contributed by atoms with Crippen molar-refractivity contribution in [2.24, 2.45) is 0 Å². The summed E-state index contributed by atoms with van der Waals surface area (Å²) in [6, 6.07) is 0. The Labute approximate surface area is 66.2 Å². The molecule has 1 fully saturated rings. The Morgan fingerprint density at radius 3 is 3.00 bits per heavy atom. The number of carbonyl (C=O) groups excluding carboxylic acids is 1. The maximum absolute atomic E-state index is 10.5. The van der Waals surface area contributed by atoms with Crippen LogP contribution in [0.2, 0.25) is 0 Å². The summed E-state index contributed by atoms with van der Waals surface area (Å²) in [6.45, 7) is 2.71. The van der Waals surface area contributed by atoms with Gasteiger partial charge in [-0.3, -0.25) is 4.79 Å². The maximum Gasteiger partial charge on any atom is 0.254 e. The monoisotopic (exact) mass is 157 g/mol. The molecule has 1 unspecified atom stereocenters. The predicted molar refractivity (Wildman–Crippen MR) is 39.6 cm³/mol. The van der Waals surface area contributed by atoms with E-state index in [4.69, 9.17) is 0 Å². The molecule has 4 heteroatoms. The number of β-amino-alcohol motifs (C(OH)–C–C–N with tert-alkyl or cyclic N) is 1. The Balaban J connectivity index is 2.28. The fourth-order valence-electron chi connectivity index (χ4n) is 1.23. The lowest BCUT2D eigenvalue weighted by molar-refractivity contribution is -0.125. The summed E-state index contributed by atoms with van der Waals surface area (Å²) < 4.78 is 0. The van der Waals surface area contributed by atoms with Crippen LogP contribution in [0, 0.1) is 0 Å². The lowest BCUT2D eigenvalue weighted by Gasteiger charge is -2.27. The molecule has 63 valence electrons. The van der Waals surface area contributed by atoms with Gasteiger partial charge in [-0.1, -0.05) is 0 Å². The van der Waals surface area contributed by atoms with Gasteiger partial charge in [0.2, 0.25) is 0 Å². The Hall–Kier alpha value is -0.610. The first-order valence-corrected chi connectivity index (χ1v) is 3.83. The lowest BCUT2D eigenvalue weighted by atomic mass is 10.1. The van der Waals surface area contributed by atoms with Crippen molar-refractivity contribution in [3.8, 4) is 0 Å². The highest BCUT2D eigenvalue weighted by atomic mass is 16.3. The third-order valence-corrected chi connectivity index (χ3v) is 1.66. The Kier molecular flexibility index (Phi) is 2.84. The molecule has 0 aliphatic carbocycles. The van der Waals surface area contributed by atoms with Gasteiger partial charge < -0.3 is 5.11 Å². The molecule has 1 rings (SSSR count). The highest BCUT2D eigenvalue weighted by molar-refractivity contribution is 5.71. The first-order valence-electron chi connectivity index (χ1n) is 3.83. The Bertz CT molecular complexity index is 149. The van der Waals surface area contributed by atoms with Gasteiger partial charge in [0.25, 0.3) is 5.91 Å². The topological polar surface area (TPSA) is 54.6 Å². The second kappa shape index (κ2) is 3.69. The zero-order valence-corrected chi connectivity index (χ0v) is 6.66. The summed E-state index contributed by atoms with van der Waals surface area (Å²) in [7, 11) is 0. The van der Waals surface area contributed by atoms with Crippen LogP contribution in [-0.4, -0.2) is 35.2 Å². The number of aliphatic hydroxyl groups excluding tert-OH is 1. The molecule has 1 radical (unpaired) electrons. The minimum Gasteiger partial charge on any atom is -0.392 e. The Morgan fingerprint density at radius 2 is 2.45 bits per heavy atom. The molecule has 4 nitrogen and oxygen atoms in total. The zero-order valence-electron chi connectivity index (χ0n) is 6.66. The molecular formula is C7H13N2O2. The van der Waals surface area contributed by atoms with E-state index in [-0.39, 0.29) is 12.0 Å². The van der Waals surface area contributed by atoms with Crippen LogP contribution in [-0.2, 0) is 4.79 Å². The van der Waals surface area contributed by atoms with E-state index in [0.717, 1.165) is 19.4 Å². The standard InChI is InChI=1S/C7H13N2O2/c1-6(10)8-9-4-2-3-7(11)5-9/h7,11H,2-5H2,1H3. The molecule has 1 heterocycles. The van der Waals surface area contributed by atoms with Crippen LogP contribution >= 0.6 is 0 Å². The second-order valence-electron chi connectivity index (χ2n) is 2.83. The summed E-state index contributed by atoms with van der Waals surface area (Å²) in [5, 5.41) is 10.8. The molecule has 1 saturated heterocycles. The number of carbonyl (C=O) groups is 1. The van der Waals surface area contributed by atoms with Gasteiger partial charge in [0.1, 0.15) is 0 Å². The van der Waals surface area contributed by atoms with E-state index in [9.17, 15) is 9.90 Å². The summed E-state index contributed by atoms with van der Waals surface area (Å²) >= 11 is 0. The van der Waals surface area contributed by atoms with E-state index in [1.54, 1.807) is 5.01 Å². The minimum atomic E-state index is -0.313. The van der Waals surface area contributed by atoms with Crippen molar-refractivity contribution in [2.45, 2.75) is 25.9 Å². The second-order valence-corrected chi connectivity index (χ2v) is 2.83. The number of hydrogen-bond donors (Lipinski definition) is 1. The van der Waals surface area contributed by atoms with E-state index >= 15 is 0 Å². The number of rotatable bonds is 1. The minimum absolute atomic E-state index is 0.195. The highest BCUT2D eigenvalue weighted by Gasteiger charge is 2.18. The number of amides is 1. The SMILES string of the molecule is CC(=O)[N]N1CCCC(O)C1. The molecule has 0 saturated carbocycles. The third-order valence-electron chi connectivity index (χ3n) is 1.66. The van der Waals surface area contributed by atoms with E-state index in [1.807, 2.05) is 0 Å². The van der Waals surface area contributed by atoms with Crippen LogP contribution in [0.3, 0.4) is 0 Å². The van der Waals surface area contributed by atoms with Crippen LogP contribution in [0.15, 0.2) is 0 Å². The largest absolute Gasteiger partial charge is 0.392 e. The lowest BCUT2D eigenvalue weighted by Crippen LogP contribution is -2.44. The van der Waals surface area contributed by atoms with Gasteiger partial charge in [0, 0.05) is 20.0 Å². The van der Waals surface area contributed by atoms with Gasteiger partial charge in [0.15, 0.2) is 0 Å². The molecule has 0 aromatic heterocycles. The molecule has 0 spiro atoms. The first kappa shape index (κ1) is 8.49. The fraction of sp³-hybridized carbons (Fsp3) is 0.857. The van der Waals surface area contributed by atoms with E-state index in [1.165, 1.54) is 6.92 Å². The molecule has 11 heavy (non-hydrogen) atoms. The van der Waals surface area contributed by atoms with E-state index < -0.39 is 0 Å². The smallest absolute Gasteiger partial charge is 0.254 e. The van der Waals surface area contributed by atoms with Crippen LogP contribution in [0.1, 0.15) is 19.8 Å². The number of piperidine rings is 1. The first-order chi connectivity index (χ1) is 5.18. The molecule has 1 amide bonds. The summed E-state index contributed by atoms with van der Waals surface area (Å²) in [6.07, 6.45) is 1.42. The van der Waals surface area contributed by atoms with Crippen molar-refractivity contribution >= 4 is 5.91 Å². The van der Waals surface area contributed by atoms with Gasteiger partial charge in [-0.2, -0.15) is 10.4 Å². The van der Waals surface area contributed by atoms with Crippen molar-refractivity contribution in [2.75, 3.05) is 13.1 Å². The van der Waals surface area contributed by atoms with Gasteiger partial charge in [-0.25, -0.2) is 0 Å². The van der Waals surface area contributed by atoms with E-state index in [0.29, 0.717) is 6.54 Å². The van der Waals surface area contributed by atoms with Crippen LogP contribution in [0.25, 0.3) is 0 Å². The predicted octanol–water partition coefficient (Wildman–Crippen LogP) is -0.491. The summed E-state index contributed by atoms with van der Waals surface area (Å²) in [4.78, 5) is 10.5. The van der Waals surface area contributed by atoms with Gasteiger partial charge in [-0.05, 0) is 12.8 Å². The fourth-order valence-corrected chi connectivity index (χ4v) is 1.23. The molecule has 0 bridgehead atoms. The number of aliphatic hydroxyl groups is 1. The van der Waals surface area contributed by atoms with Crippen LogP contribution in [0.5, 0.6) is 0 Å². The molecule has 0 aromatic carbocycles. The summed E-state index contributed by atoms with van der Waals surface area (Å²) in [5.74, 6) is -0.195. The average molecular weight is 157 g/mol. The maximum atomic E-state index is 10.5. The molecule has 1 aliphatic rings. The van der Waals surface area contributed by atoms with Crippen molar-refractivity contribution in [3.05, 3.63) is 0 Å². The molecule has 1 atom stereocenters. The molecule has 1 aliphatic heterocycles. The zero-order chi connectivity index (χ0) is 8.27. The van der Waals surface area contributed by atoms with Crippen molar-refractivity contribution in [1.29, 1.82) is 0 Å². The Morgan fingerprint density at radius 1 is 1.73 bits per heavy atom. The van der Waals surface area contributed by atoms with Crippen LogP contribution in [0.4, 0.5) is 0 Å². The van der Waals surface area contributed by atoms with Gasteiger partial charge in [0.05, 0.1) is 6.10 Å². The van der Waals surface area contributed by atoms with Crippen LogP contribution < -0.4 is 5.43 Å². The highest BCUT2D eigenvalue weighted by Crippen LogP contribution is 2.07. The molecule has 1 N–H and O–H groups in total. The molecular weight excluding hydrogens is 144 g/mol. The molecule has 0 aromatic rings. The summed E-state index contributed by atoms with van der Waals surface area (Å²) in [5.41, 5.74) is 3.72. The number of nitrogens with zero attached hydrogens (tertiary/aromatic N) is 2.